The largest absolute Gasteiger partial charge is 0.462 e. The van der Waals surface area contributed by atoms with Gasteiger partial charge in [0.15, 0.2) is 18.7 Å². The lowest BCUT2D eigenvalue weighted by Crippen LogP contribution is -2.61. The zero-order chi connectivity index (χ0) is 44.0. The van der Waals surface area contributed by atoms with Crippen LogP contribution >= 0.6 is 0 Å². The second-order valence-electron chi connectivity index (χ2n) is 15.1. The highest BCUT2D eigenvalue weighted by molar-refractivity contribution is 5.70. The van der Waals surface area contributed by atoms with E-state index in [4.69, 9.17) is 28.4 Å². The third kappa shape index (κ3) is 21.8. The molecule has 0 spiro atoms. The molecular weight excluding hydrogens is 780 g/mol. The maximum Gasteiger partial charge on any atom is 0.306 e. The Morgan fingerprint density at radius 3 is 1.63 bits per heavy atom. The number of aliphatic hydroxyl groups is 7. The molecular formula is C45H74O15. The zero-order valence-corrected chi connectivity index (χ0v) is 35.7. The van der Waals surface area contributed by atoms with Gasteiger partial charge < -0.3 is 64.2 Å². The molecule has 2 heterocycles. The quantitative estimate of drug-likeness (QED) is 0.0295. The predicted molar refractivity (Wildman–Crippen MR) is 224 cm³/mol. The van der Waals surface area contributed by atoms with Crippen molar-refractivity contribution in [2.24, 2.45) is 0 Å². The molecule has 15 nitrogen and oxygen atoms in total. The Morgan fingerprint density at radius 1 is 0.550 bits per heavy atom. The molecule has 2 aliphatic heterocycles. The number of aliphatic hydroxyl groups excluding tert-OH is 7. The number of hydrogen-bond donors (Lipinski definition) is 7. The van der Waals surface area contributed by atoms with Gasteiger partial charge in [0.2, 0.25) is 0 Å². The number of unbranched alkanes of at least 4 members (excludes halogenated alkanes) is 7. The molecule has 0 amide bonds. The van der Waals surface area contributed by atoms with Crippen LogP contribution in [0, 0.1) is 0 Å². The van der Waals surface area contributed by atoms with Crippen molar-refractivity contribution in [2.75, 3.05) is 26.4 Å². The molecule has 2 rings (SSSR count). The standard InChI is InChI=1S/C45H74O15/c1-3-5-7-9-10-11-12-13-14-15-16-17-18-19-20-21-22-24-26-28-37(48)58-33(30-55-36(47)27-25-23-8-6-4-2)31-56-44-43(54)41(52)39(50)35(60-44)32-57-45-42(53)40(51)38(49)34(29-46)59-45/h5,7,10-11,13-14,16-17,19-20,33-35,38-46,49-54H,3-4,6,8-9,12,15,18,21-32H2,1-2H3/b7-5-,11-10-,14-13-,17-16-,20-19-. The molecule has 2 fully saturated rings. The summed E-state index contributed by atoms with van der Waals surface area (Å²) in [5.41, 5.74) is 0. The van der Waals surface area contributed by atoms with E-state index in [1.165, 1.54) is 0 Å². The zero-order valence-electron chi connectivity index (χ0n) is 35.7. The van der Waals surface area contributed by atoms with Crippen molar-refractivity contribution in [2.45, 2.75) is 184 Å². The number of hydrogen-bond acceptors (Lipinski definition) is 15. The monoisotopic (exact) mass is 855 g/mol. The predicted octanol–water partition coefficient (Wildman–Crippen LogP) is 4.14. The van der Waals surface area contributed by atoms with E-state index in [9.17, 15) is 45.3 Å². The molecule has 60 heavy (non-hydrogen) atoms. The van der Waals surface area contributed by atoms with Gasteiger partial charge in [-0.1, -0.05) is 107 Å². The fourth-order valence-corrected chi connectivity index (χ4v) is 6.36. The Morgan fingerprint density at radius 2 is 1.05 bits per heavy atom. The highest BCUT2D eigenvalue weighted by Gasteiger charge is 2.47. The van der Waals surface area contributed by atoms with Gasteiger partial charge in [0.25, 0.3) is 0 Å². The van der Waals surface area contributed by atoms with Crippen LogP contribution < -0.4 is 0 Å². The van der Waals surface area contributed by atoms with Gasteiger partial charge >= 0.3 is 11.9 Å². The Hall–Kier alpha value is -2.80. The SMILES string of the molecule is CC/C=C\C/C=C\C/C=C\C/C=C\C/C=C\CCCCCC(=O)OC(COC(=O)CCCCCCC)COC1OC(COC2OC(CO)C(O)C(O)C2O)C(O)C(O)C1O. The van der Waals surface area contributed by atoms with E-state index in [2.05, 4.69) is 74.6 Å². The minimum atomic E-state index is -1.77. The summed E-state index contributed by atoms with van der Waals surface area (Å²) in [5, 5.41) is 71.6. The van der Waals surface area contributed by atoms with Crippen molar-refractivity contribution in [3.8, 4) is 0 Å². The molecule has 7 N–H and O–H groups in total. The molecule has 0 saturated carbocycles. The molecule has 2 saturated heterocycles. The van der Waals surface area contributed by atoms with Crippen molar-refractivity contribution in [1.82, 2.24) is 0 Å². The van der Waals surface area contributed by atoms with E-state index in [0.29, 0.717) is 12.8 Å². The van der Waals surface area contributed by atoms with Gasteiger partial charge in [-0.15, -0.1) is 0 Å². The average Bonchev–Trinajstić information content (AvgIpc) is 3.24. The third-order valence-electron chi connectivity index (χ3n) is 10.0. The Labute approximate surface area is 356 Å². The summed E-state index contributed by atoms with van der Waals surface area (Å²) < 4.78 is 33.2. The van der Waals surface area contributed by atoms with Gasteiger partial charge in [0, 0.05) is 12.8 Å². The van der Waals surface area contributed by atoms with Crippen molar-refractivity contribution >= 4 is 11.9 Å². The molecule has 0 aromatic rings. The summed E-state index contributed by atoms with van der Waals surface area (Å²) in [6.07, 6.45) is 17.5. The second-order valence-corrected chi connectivity index (χ2v) is 15.1. The van der Waals surface area contributed by atoms with Crippen LogP contribution in [0.5, 0.6) is 0 Å². The molecule has 2 aliphatic rings. The van der Waals surface area contributed by atoms with Crippen molar-refractivity contribution in [1.29, 1.82) is 0 Å². The number of ether oxygens (including phenoxy) is 6. The van der Waals surface area contributed by atoms with Crippen molar-refractivity contribution in [3.05, 3.63) is 60.8 Å². The molecule has 11 atom stereocenters. The van der Waals surface area contributed by atoms with Gasteiger partial charge in [-0.3, -0.25) is 9.59 Å². The summed E-state index contributed by atoms with van der Waals surface area (Å²) in [7, 11) is 0. The number of carbonyl (C=O) groups excluding carboxylic acids is 2. The minimum Gasteiger partial charge on any atom is -0.462 e. The molecule has 15 heteroatoms. The highest BCUT2D eigenvalue weighted by Crippen LogP contribution is 2.26. The smallest absolute Gasteiger partial charge is 0.306 e. The van der Waals surface area contributed by atoms with E-state index in [1.54, 1.807) is 0 Å². The van der Waals surface area contributed by atoms with Crippen LogP contribution in [0.15, 0.2) is 60.8 Å². The van der Waals surface area contributed by atoms with E-state index in [1.807, 2.05) is 0 Å². The van der Waals surface area contributed by atoms with E-state index < -0.39 is 99.3 Å². The Balaban J connectivity index is 1.82. The molecule has 0 aromatic carbocycles. The van der Waals surface area contributed by atoms with Gasteiger partial charge in [-0.05, 0) is 57.8 Å². The van der Waals surface area contributed by atoms with Crippen LogP contribution in [0.1, 0.15) is 117 Å². The molecule has 344 valence electrons. The van der Waals surface area contributed by atoms with E-state index in [0.717, 1.165) is 77.0 Å². The minimum absolute atomic E-state index is 0.123. The fraction of sp³-hybridized carbons (Fsp3) is 0.733. The highest BCUT2D eigenvalue weighted by atomic mass is 16.7. The lowest BCUT2D eigenvalue weighted by atomic mass is 9.98. The summed E-state index contributed by atoms with van der Waals surface area (Å²) in [4.78, 5) is 25.3. The van der Waals surface area contributed by atoms with E-state index >= 15 is 0 Å². The molecule has 0 radical (unpaired) electrons. The number of rotatable bonds is 31. The van der Waals surface area contributed by atoms with E-state index in [-0.39, 0.29) is 19.4 Å². The van der Waals surface area contributed by atoms with Gasteiger partial charge in [0.1, 0.15) is 55.4 Å². The van der Waals surface area contributed by atoms with Crippen LogP contribution in [0.2, 0.25) is 0 Å². The molecule has 0 aromatic heterocycles. The van der Waals surface area contributed by atoms with Crippen molar-refractivity contribution < 1.29 is 73.8 Å². The lowest BCUT2D eigenvalue weighted by Gasteiger charge is -2.42. The van der Waals surface area contributed by atoms with Crippen LogP contribution in [-0.4, -0.2) is 142 Å². The van der Waals surface area contributed by atoms with Crippen LogP contribution in [0.25, 0.3) is 0 Å². The topological polar surface area (TPSA) is 231 Å². The molecule has 0 bridgehead atoms. The average molecular weight is 855 g/mol. The van der Waals surface area contributed by atoms with Gasteiger partial charge in [0.05, 0.1) is 19.8 Å². The van der Waals surface area contributed by atoms with Crippen LogP contribution in [0.4, 0.5) is 0 Å². The molecule has 0 aliphatic carbocycles. The van der Waals surface area contributed by atoms with Crippen LogP contribution in [-0.2, 0) is 38.0 Å². The normalized spacial score (nSPS) is 28.1. The first-order chi connectivity index (χ1) is 29.0. The third-order valence-corrected chi connectivity index (χ3v) is 10.0. The second kappa shape index (κ2) is 32.9. The van der Waals surface area contributed by atoms with Crippen LogP contribution in [0.3, 0.4) is 0 Å². The van der Waals surface area contributed by atoms with Crippen molar-refractivity contribution in [3.63, 3.8) is 0 Å². The first kappa shape index (κ1) is 53.3. The Kier molecular flexibility index (Phi) is 29.2. The first-order valence-electron chi connectivity index (χ1n) is 21.9. The summed E-state index contributed by atoms with van der Waals surface area (Å²) >= 11 is 0. The number of esters is 2. The fourth-order valence-electron chi connectivity index (χ4n) is 6.36. The maximum atomic E-state index is 12.9. The summed E-state index contributed by atoms with van der Waals surface area (Å²) in [5.74, 6) is -0.985. The molecule has 11 unspecified atom stereocenters. The number of allylic oxidation sites excluding steroid dienone is 10. The van der Waals surface area contributed by atoms with Gasteiger partial charge in [-0.2, -0.15) is 0 Å². The summed E-state index contributed by atoms with van der Waals surface area (Å²) in [6.45, 7) is 2.29. The first-order valence-corrected chi connectivity index (χ1v) is 21.9. The lowest BCUT2D eigenvalue weighted by molar-refractivity contribution is -0.332. The summed E-state index contributed by atoms with van der Waals surface area (Å²) in [6, 6.07) is 0. The van der Waals surface area contributed by atoms with Gasteiger partial charge in [-0.25, -0.2) is 0 Å². The maximum absolute atomic E-state index is 12.9. The Bertz CT molecular complexity index is 1280. The number of carbonyl (C=O) groups is 2.